The second kappa shape index (κ2) is 5.87. The average molecular weight is 326 g/mol. The van der Waals surface area contributed by atoms with Crippen molar-refractivity contribution >= 4 is 15.9 Å². The number of pyridine rings is 1. The number of likely N-dealkylation sites (tertiary alicyclic amines) is 1. The lowest BCUT2D eigenvalue weighted by molar-refractivity contribution is 0.0295. The van der Waals surface area contributed by atoms with E-state index in [1.807, 2.05) is 6.92 Å². The fourth-order valence-corrected chi connectivity index (χ4v) is 4.00. The lowest BCUT2D eigenvalue weighted by atomic mass is 10.2. The molecule has 0 spiro atoms. The molecule has 122 valence electrons. The van der Waals surface area contributed by atoms with E-state index in [1.54, 1.807) is 32.9 Å². The van der Waals surface area contributed by atoms with Crippen LogP contribution in [0.5, 0.6) is 0 Å². The number of rotatable bonds is 2. The monoisotopic (exact) mass is 326 g/mol. The Labute approximate surface area is 131 Å². The van der Waals surface area contributed by atoms with Crippen molar-refractivity contribution in [3.8, 4) is 0 Å². The fraction of sp³-hybridized carbons (Fsp3) is 0.600. The fourth-order valence-electron chi connectivity index (χ4n) is 2.31. The minimum atomic E-state index is -3.53. The van der Waals surface area contributed by atoms with Crippen LogP contribution >= 0.6 is 0 Å². The highest BCUT2D eigenvalue weighted by Crippen LogP contribution is 2.24. The molecule has 1 aromatic heterocycles. The van der Waals surface area contributed by atoms with E-state index in [4.69, 9.17) is 4.74 Å². The van der Waals surface area contributed by atoms with E-state index >= 15 is 0 Å². The summed E-state index contributed by atoms with van der Waals surface area (Å²) in [6.45, 7) is 7.70. The zero-order chi connectivity index (χ0) is 16.5. The molecule has 0 radical (unpaired) electrons. The van der Waals surface area contributed by atoms with Gasteiger partial charge >= 0.3 is 6.09 Å². The second-order valence-corrected chi connectivity index (χ2v) is 8.73. The van der Waals surface area contributed by atoms with Gasteiger partial charge in [-0.3, -0.25) is 0 Å². The van der Waals surface area contributed by atoms with Gasteiger partial charge in [-0.15, -0.1) is 0 Å². The second-order valence-electron chi connectivity index (χ2n) is 6.55. The first-order chi connectivity index (χ1) is 10.1. The number of aryl methyl sites for hydroxylation is 1. The summed E-state index contributed by atoms with van der Waals surface area (Å²) in [5, 5.41) is -0.558. The molecule has 1 aliphatic rings. The van der Waals surface area contributed by atoms with E-state index in [0.717, 1.165) is 5.56 Å². The Hall–Kier alpha value is -1.63. The third kappa shape index (κ3) is 3.76. The number of nitrogens with zero attached hydrogens (tertiary/aromatic N) is 2. The SMILES string of the molecule is Cc1ccnc(S(=O)(=O)C2CCN(C(=O)OC(C)(C)C)C2)c1. The normalized spacial score (nSPS) is 19.3. The van der Waals surface area contributed by atoms with Gasteiger partial charge in [0.25, 0.3) is 0 Å². The van der Waals surface area contributed by atoms with Gasteiger partial charge in [0.15, 0.2) is 14.9 Å². The van der Waals surface area contributed by atoms with Crippen molar-refractivity contribution < 1.29 is 17.9 Å². The van der Waals surface area contributed by atoms with E-state index in [-0.39, 0.29) is 11.6 Å². The smallest absolute Gasteiger partial charge is 0.410 e. The lowest BCUT2D eigenvalue weighted by Crippen LogP contribution is -2.36. The summed E-state index contributed by atoms with van der Waals surface area (Å²) in [5.74, 6) is 0. The Balaban J connectivity index is 2.11. The third-order valence-electron chi connectivity index (χ3n) is 3.42. The Morgan fingerprint density at radius 2 is 2.09 bits per heavy atom. The third-order valence-corrected chi connectivity index (χ3v) is 5.49. The molecule has 1 amide bonds. The quantitative estimate of drug-likeness (QED) is 0.832. The summed E-state index contributed by atoms with van der Waals surface area (Å²) in [6, 6.07) is 3.31. The molecule has 1 aromatic rings. The van der Waals surface area contributed by atoms with Crippen LogP contribution in [-0.2, 0) is 14.6 Å². The first kappa shape index (κ1) is 16.7. The molecule has 2 rings (SSSR count). The van der Waals surface area contributed by atoms with Crippen molar-refractivity contribution in [1.29, 1.82) is 0 Å². The Morgan fingerprint density at radius 1 is 1.41 bits per heavy atom. The highest BCUT2D eigenvalue weighted by Gasteiger charge is 2.38. The van der Waals surface area contributed by atoms with Crippen LogP contribution in [0.25, 0.3) is 0 Å². The number of hydrogen-bond donors (Lipinski definition) is 0. The molecule has 0 bridgehead atoms. The molecule has 1 unspecified atom stereocenters. The average Bonchev–Trinajstić information content (AvgIpc) is 2.87. The predicted octanol–water partition coefficient (Wildman–Crippen LogP) is 2.17. The Kier molecular flexibility index (Phi) is 4.47. The van der Waals surface area contributed by atoms with E-state index in [9.17, 15) is 13.2 Å². The predicted molar refractivity (Wildman–Crippen MR) is 82.4 cm³/mol. The molecule has 6 nitrogen and oxygen atoms in total. The molecule has 1 aliphatic heterocycles. The maximum absolute atomic E-state index is 12.6. The van der Waals surface area contributed by atoms with E-state index in [0.29, 0.717) is 13.0 Å². The number of aromatic nitrogens is 1. The van der Waals surface area contributed by atoms with Gasteiger partial charge in [0.2, 0.25) is 0 Å². The lowest BCUT2D eigenvalue weighted by Gasteiger charge is -2.24. The number of sulfone groups is 1. The number of hydrogen-bond acceptors (Lipinski definition) is 5. The van der Waals surface area contributed by atoms with Crippen LogP contribution in [0.2, 0.25) is 0 Å². The number of carbonyl (C=O) groups is 1. The Bertz CT molecular complexity index is 664. The van der Waals surface area contributed by atoms with Crippen molar-refractivity contribution in [3.63, 3.8) is 0 Å². The van der Waals surface area contributed by atoms with Crippen molar-refractivity contribution in [3.05, 3.63) is 23.9 Å². The van der Waals surface area contributed by atoms with Crippen LogP contribution in [0.1, 0.15) is 32.8 Å². The van der Waals surface area contributed by atoms with Crippen LogP contribution in [0.4, 0.5) is 4.79 Å². The topological polar surface area (TPSA) is 76.6 Å². The molecule has 0 aromatic carbocycles. The summed E-state index contributed by atoms with van der Waals surface area (Å²) in [6.07, 6.45) is 1.42. The first-order valence-corrected chi connectivity index (χ1v) is 8.79. The molecular weight excluding hydrogens is 304 g/mol. The van der Waals surface area contributed by atoms with Crippen LogP contribution in [0.15, 0.2) is 23.4 Å². The summed E-state index contributed by atoms with van der Waals surface area (Å²) < 4.78 is 30.5. The van der Waals surface area contributed by atoms with Crippen molar-refractivity contribution in [2.75, 3.05) is 13.1 Å². The molecule has 0 aliphatic carbocycles. The maximum atomic E-state index is 12.6. The molecule has 1 saturated heterocycles. The highest BCUT2D eigenvalue weighted by molar-refractivity contribution is 7.92. The van der Waals surface area contributed by atoms with Crippen molar-refractivity contribution in [1.82, 2.24) is 9.88 Å². The van der Waals surface area contributed by atoms with Gasteiger partial charge in [-0.25, -0.2) is 18.2 Å². The standard InChI is InChI=1S/C15H22N2O4S/c1-11-5-7-16-13(9-11)22(19,20)12-6-8-17(10-12)14(18)21-15(2,3)4/h5,7,9,12H,6,8,10H2,1-4H3. The molecule has 1 fully saturated rings. The van der Waals surface area contributed by atoms with Gasteiger partial charge < -0.3 is 9.64 Å². The van der Waals surface area contributed by atoms with E-state index in [2.05, 4.69) is 4.98 Å². The number of amides is 1. The van der Waals surface area contributed by atoms with Gasteiger partial charge in [0.1, 0.15) is 5.60 Å². The minimum absolute atomic E-state index is 0.0727. The van der Waals surface area contributed by atoms with Crippen molar-refractivity contribution in [2.45, 2.75) is 50.0 Å². The number of carbonyl (C=O) groups excluding carboxylic acids is 1. The summed E-state index contributed by atoms with van der Waals surface area (Å²) in [5.41, 5.74) is 0.252. The molecule has 0 saturated carbocycles. The van der Waals surface area contributed by atoms with Crippen molar-refractivity contribution in [2.24, 2.45) is 0 Å². The van der Waals surface area contributed by atoms with Gasteiger partial charge in [-0.1, -0.05) is 0 Å². The van der Waals surface area contributed by atoms with Crippen LogP contribution in [-0.4, -0.2) is 48.3 Å². The van der Waals surface area contributed by atoms with Gasteiger partial charge in [-0.2, -0.15) is 0 Å². The summed E-state index contributed by atoms with van der Waals surface area (Å²) in [7, 11) is -3.53. The molecule has 22 heavy (non-hydrogen) atoms. The molecular formula is C15H22N2O4S. The van der Waals surface area contributed by atoms with Crippen LogP contribution in [0, 0.1) is 6.92 Å². The van der Waals surface area contributed by atoms with Crippen LogP contribution in [0.3, 0.4) is 0 Å². The van der Waals surface area contributed by atoms with Gasteiger partial charge in [0, 0.05) is 19.3 Å². The van der Waals surface area contributed by atoms with Gasteiger partial charge in [0.05, 0.1) is 5.25 Å². The van der Waals surface area contributed by atoms with Gasteiger partial charge in [-0.05, 0) is 51.8 Å². The maximum Gasteiger partial charge on any atom is 0.410 e. The summed E-state index contributed by atoms with van der Waals surface area (Å²) in [4.78, 5) is 17.4. The zero-order valence-corrected chi connectivity index (χ0v) is 14.2. The Morgan fingerprint density at radius 3 is 2.68 bits per heavy atom. The van der Waals surface area contributed by atoms with E-state index in [1.165, 1.54) is 11.1 Å². The minimum Gasteiger partial charge on any atom is -0.444 e. The molecule has 0 N–H and O–H groups in total. The largest absolute Gasteiger partial charge is 0.444 e. The zero-order valence-electron chi connectivity index (χ0n) is 13.4. The first-order valence-electron chi connectivity index (χ1n) is 7.24. The molecule has 7 heteroatoms. The highest BCUT2D eigenvalue weighted by atomic mass is 32.2. The van der Waals surface area contributed by atoms with Crippen LogP contribution < -0.4 is 0 Å². The molecule has 2 heterocycles. The number of ether oxygens (including phenoxy) is 1. The van der Waals surface area contributed by atoms with E-state index < -0.39 is 26.8 Å². The molecule has 1 atom stereocenters. The summed E-state index contributed by atoms with van der Waals surface area (Å²) >= 11 is 0.